The number of Topliss-reactive ketones (excluding diaryl/α,β-unsaturated/α-hetero) is 1. The molecule has 0 aromatic heterocycles. The lowest BCUT2D eigenvalue weighted by Crippen LogP contribution is -2.22. The topological polar surface area (TPSA) is 67.4 Å². The monoisotopic (exact) mass is 346 g/mol. The lowest BCUT2D eigenvalue weighted by Gasteiger charge is -2.13. The molecule has 0 atom stereocenters. The van der Waals surface area contributed by atoms with E-state index < -0.39 is 0 Å². The van der Waals surface area contributed by atoms with Crippen molar-refractivity contribution >= 4 is 34.7 Å². The summed E-state index contributed by atoms with van der Waals surface area (Å²) in [6.45, 7) is 3.45. The van der Waals surface area contributed by atoms with E-state index in [4.69, 9.17) is 16.3 Å². The second-order valence-corrected chi connectivity index (χ2v) is 5.74. The molecule has 2 rings (SSSR count). The van der Waals surface area contributed by atoms with E-state index in [1.54, 1.807) is 36.4 Å². The van der Waals surface area contributed by atoms with Crippen molar-refractivity contribution in [3.05, 3.63) is 52.5 Å². The number of hydrogen-bond acceptors (Lipinski definition) is 4. The molecule has 0 bridgehead atoms. The first-order valence-corrected chi connectivity index (χ1v) is 7.77. The highest BCUT2D eigenvalue weighted by Gasteiger charge is 2.10. The van der Waals surface area contributed by atoms with Crippen LogP contribution in [0, 0.1) is 6.92 Å². The number of halogens is 1. The SMILES string of the molecule is COc1cc(Cl)c(C)cc1NC(=O)CNc1ccc(C(C)=O)cc1. The number of ether oxygens (including phenoxy) is 1. The van der Waals surface area contributed by atoms with Gasteiger partial charge < -0.3 is 15.4 Å². The van der Waals surface area contributed by atoms with Crippen LogP contribution in [0.5, 0.6) is 5.75 Å². The van der Waals surface area contributed by atoms with Gasteiger partial charge in [-0.25, -0.2) is 0 Å². The van der Waals surface area contributed by atoms with Crippen molar-refractivity contribution in [3.63, 3.8) is 0 Å². The molecule has 0 saturated heterocycles. The fourth-order valence-electron chi connectivity index (χ4n) is 2.13. The number of hydrogen-bond donors (Lipinski definition) is 2. The molecule has 0 radical (unpaired) electrons. The number of ketones is 1. The smallest absolute Gasteiger partial charge is 0.243 e. The molecule has 24 heavy (non-hydrogen) atoms. The number of benzene rings is 2. The molecule has 0 saturated carbocycles. The zero-order valence-corrected chi connectivity index (χ0v) is 14.5. The van der Waals surface area contributed by atoms with Gasteiger partial charge in [-0.2, -0.15) is 0 Å². The summed E-state index contributed by atoms with van der Waals surface area (Å²) in [5.41, 5.74) is 2.81. The minimum absolute atomic E-state index is 0.00416. The van der Waals surface area contributed by atoms with Gasteiger partial charge in [0.1, 0.15) is 5.75 Å². The van der Waals surface area contributed by atoms with Gasteiger partial charge in [0.2, 0.25) is 5.91 Å². The number of aryl methyl sites for hydroxylation is 1. The van der Waals surface area contributed by atoms with E-state index in [9.17, 15) is 9.59 Å². The van der Waals surface area contributed by atoms with Gasteiger partial charge in [-0.1, -0.05) is 11.6 Å². The minimum atomic E-state index is -0.217. The molecule has 0 unspecified atom stereocenters. The Kier molecular flexibility index (Phi) is 5.82. The molecule has 0 aliphatic carbocycles. The number of carbonyl (C=O) groups excluding carboxylic acids is 2. The van der Waals surface area contributed by atoms with E-state index in [0.717, 1.165) is 11.3 Å². The maximum absolute atomic E-state index is 12.1. The molecular formula is C18H19ClN2O3. The molecule has 0 spiro atoms. The number of carbonyl (C=O) groups is 2. The number of amides is 1. The standard InChI is InChI=1S/C18H19ClN2O3/c1-11-8-16(17(24-3)9-15(11)19)21-18(23)10-20-14-6-4-13(5-7-14)12(2)22/h4-9,20H,10H2,1-3H3,(H,21,23). The average molecular weight is 347 g/mol. The molecule has 2 aromatic carbocycles. The van der Waals surface area contributed by atoms with E-state index in [-0.39, 0.29) is 18.2 Å². The lowest BCUT2D eigenvalue weighted by molar-refractivity contribution is -0.114. The van der Waals surface area contributed by atoms with E-state index >= 15 is 0 Å². The average Bonchev–Trinajstić information content (AvgIpc) is 2.56. The maximum Gasteiger partial charge on any atom is 0.243 e. The third-order valence-corrected chi connectivity index (χ3v) is 3.91. The number of rotatable bonds is 6. The largest absolute Gasteiger partial charge is 0.495 e. The Balaban J connectivity index is 1.98. The second-order valence-electron chi connectivity index (χ2n) is 5.34. The van der Waals surface area contributed by atoms with Gasteiger partial charge in [-0.3, -0.25) is 9.59 Å². The predicted octanol–water partition coefficient (Wildman–Crippen LogP) is 3.91. The summed E-state index contributed by atoms with van der Waals surface area (Å²) in [6, 6.07) is 10.4. The number of anilines is 2. The Morgan fingerprint density at radius 2 is 1.83 bits per heavy atom. The van der Waals surface area contributed by atoms with Gasteiger partial charge in [-0.05, 0) is 49.7 Å². The van der Waals surface area contributed by atoms with Gasteiger partial charge in [0.15, 0.2) is 5.78 Å². The van der Waals surface area contributed by atoms with Crippen molar-refractivity contribution in [1.29, 1.82) is 0 Å². The van der Waals surface area contributed by atoms with Crippen molar-refractivity contribution in [2.24, 2.45) is 0 Å². The molecule has 2 N–H and O–H groups in total. The molecule has 0 aliphatic heterocycles. The zero-order valence-electron chi connectivity index (χ0n) is 13.8. The van der Waals surface area contributed by atoms with Crippen LogP contribution in [-0.4, -0.2) is 25.3 Å². The van der Waals surface area contributed by atoms with E-state index in [1.165, 1.54) is 14.0 Å². The van der Waals surface area contributed by atoms with Crippen molar-refractivity contribution in [3.8, 4) is 5.75 Å². The third-order valence-electron chi connectivity index (χ3n) is 3.50. The summed E-state index contributed by atoms with van der Waals surface area (Å²) in [4.78, 5) is 23.3. The summed E-state index contributed by atoms with van der Waals surface area (Å²) in [5, 5.41) is 6.37. The van der Waals surface area contributed by atoms with E-state index in [1.807, 2.05) is 6.92 Å². The molecule has 0 fully saturated rings. The summed E-state index contributed by atoms with van der Waals surface area (Å²) in [7, 11) is 1.52. The first kappa shape index (κ1) is 17.8. The minimum Gasteiger partial charge on any atom is -0.495 e. The van der Waals surface area contributed by atoms with Crippen molar-refractivity contribution < 1.29 is 14.3 Å². The van der Waals surface area contributed by atoms with Crippen LogP contribution in [0.4, 0.5) is 11.4 Å². The van der Waals surface area contributed by atoms with Crippen LogP contribution in [0.15, 0.2) is 36.4 Å². The Bertz CT molecular complexity index is 758. The number of nitrogens with one attached hydrogen (secondary N) is 2. The highest BCUT2D eigenvalue weighted by molar-refractivity contribution is 6.31. The molecule has 0 aliphatic rings. The van der Waals surface area contributed by atoms with Gasteiger partial charge in [-0.15, -0.1) is 0 Å². The van der Waals surface area contributed by atoms with E-state index in [0.29, 0.717) is 22.0 Å². The Morgan fingerprint density at radius 3 is 2.42 bits per heavy atom. The van der Waals surface area contributed by atoms with Crippen LogP contribution >= 0.6 is 11.6 Å². The molecule has 1 amide bonds. The quantitative estimate of drug-likeness (QED) is 0.778. The Labute approximate surface area is 146 Å². The van der Waals surface area contributed by atoms with Crippen molar-refractivity contribution in [1.82, 2.24) is 0 Å². The summed E-state index contributed by atoms with van der Waals surface area (Å²) >= 11 is 6.05. The van der Waals surface area contributed by atoms with Crippen LogP contribution in [0.2, 0.25) is 5.02 Å². The van der Waals surface area contributed by atoms with Gasteiger partial charge in [0, 0.05) is 22.3 Å². The highest BCUT2D eigenvalue weighted by atomic mass is 35.5. The summed E-state index contributed by atoms with van der Waals surface area (Å²) < 4.78 is 5.23. The van der Waals surface area contributed by atoms with Crippen LogP contribution < -0.4 is 15.4 Å². The van der Waals surface area contributed by atoms with Crippen LogP contribution in [0.25, 0.3) is 0 Å². The van der Waals surface area contributed by atoms with Gasteiger partial charge >= 0.3 is 0 Å². The molecule has 126 valence electrons. The zero-order chi connectivity index (χ0) is 17.7. The maximum atomic E-state index is 12.1. The van der Waals surface area contributed by atoms with Gasteiger partial charge in [0.05, 0.1) is 19.3 Å². The molecule has 2 aromatic rings. The molecule has 0 heterocycles. The fourth-order valence-corrected chi connectivity index (χ4v) is 2.28. The first-order valence-electron chi connectivity index (χ1n) is 7.39. The lowest BCUT2D eigenvalue weighted by atomic mass is 10.1. The van der Waals surface area contributed by atoms with E-state index in [2.05, 4.69) is 10.6 Å². The Morgan fingerprint density at radius 1 is 1.17 bits per heavy atom. The van der Waals surface area contributed by atoms with Crippen LogP contribution in [0.1, 0.15) is 22.8 Å². The number of methoxy groups -OCH3 is 1. The van der Waals surface area contributed by atoms with Gasteiger partial charge in [0.25, 0.3) is 0 Å². The van der Waals surface area contributed by atoms with Crippen molar-refractivity contribution in [2.75, 3.05) is 24.3 Å². The Hall–Kier alpha value is -2.53. The molecular weight excluding hydrogens is 328 g/mol. The molecule has 6 heteroatoms. The van der Waals surface area contributed by atoms with Crippen LogP contribution in [-0.2, 0) is 4.79 Å². The first-order chi connectivity index (χ1) is 11.4. The molecule has 5 nitrogen and oxygen atoms in total. The highest BCUT2D eigenvalue weighted by Crippen LogP contribution is 2.30. The second kappa shape index (κ2) is 7.84. The normalized spacial score (nSPS) is 10.2. The van der Waals surface area contributed by atoms with Crippen LogP contribution in [0.3, 0.4) is 0 Å². The van der Waals surface area contributed by atoms with Crippen molar-refractivity contribution in [2.45, 2.75) is 13.8 Å². The predicted molar refractivity (Wildman–Crippen MR) is 96.3 cm³/mol. The third kappa shape index (κ3) is 4.49. The fraction of sp³-hybridized carbons (Fsp3) is 0.222. The summed E-state index contributed by atoms with van der Waals surface area (Å²) in [5.74, 6) is 0.292. The summed E-state index contributed by atoms with van der Waals surface area (Å²) in [6.07, 6.45) is 0.